The molecule has 0 aliphatic heterocycles. The van der Waals surface area contributed by atoms with Gasteiger partial charge in [-0.05, 0) is 14.1 Å². The monoisotopic (exact) mass is 258 g/mol. The molecule has 0 unspecified atom stereocenters. The van der Waals surface area contributed by atoms with Crippen LogP contribution in [0.4, 0.5) is 13.2 Å². The van der Waals surface area contributed by atoms with E-state index in [0.717, 1.165) is 6.54 Å². The largest absolute Gasteiger partial charge is 0.411 e. The minimum Gasteiger partial charge on any atom is -0.379 e. The lowest BCUT2D eigenvalue weighted by atomic mass is 10.6. The predicted octanol–water partition coefficient (Wildman–Crippen LogP) is 0.733. The van der Waals surface area contributed by atoms with E-state index in [1.54, 1.807) is 0 Å². The van der Waals surface area contributed by atoms with Gasteiger partial charge < -0.3 is 19.7 Å². The summed E-state index contributed by atoms with van der Waals surface area (Å²) in [5, 5.41) is 2.93. The summed E-state index contributed by atoms with van der Waals surface area (Å²) < 4.78 is 44.7. The van der Waals surface area contributed by atoms with Crippen LogP contribution in [0.25, 0.3) is 0 Å². The zero-order valence-corrected chi connectivity index (χ0v) is 10.3. The highest BCUT2D eigenvalue weighted by atomic mass is 19.4. The topological polar surface area (TPSA) is 33.7 Å². The van der Waals surface area contributed by atoms with Gasteiger partial charge in [-0.2, -0.15) is 13.2 Å². The van der Waals surface area contributed by atoms with Crippen molar-refractivity contribution in [2.45, 2.75) is 6.18 Å². The van der Waals surface area contributed by atoms with Crippen LogP contribution in [0.3, 0.4) is 0 Å². The molecule has 0 aromatic carbocycles. The van der Waals surface area contributed by atoms with Crippen molar-refractivity contribution in [3.05, 3.63) is 0 Å². The van der Waals surface area contributed by atoms with Gasteiger partial charge in [0, 0.05) is 19.6 Å². The molecule has 17 heavy (non-hydrogen) atoms. The first-order valence-corrected chi connectivity index (χ1v) is 5.49. The summed E-state index contributed by atoms with van der Waals surface area (Å²) in [6.07, 6.45) is -4.24. The molecule has 0 amide bonds. The molecule has 1 N–H and O–H groups in total. The van der Waals surface area contributed by atoms with Gasteiger partial charge in [-0.3, -0.25) is 0 Å². The highest BCUT2D eigenvalue weighted by Gasteiger charge is 2.27. The van der Waals surface area contributed by atoms with Crippen LogP contribution in [0.2, 0.25) is 0 Å². The van der Waals surface area contributed by atoms with Gasteiger partial charge in [0.2, 0.25) is 0 Å². The number of halogens is 3. The molecule has 0 bridgehead atoms. The Kier molecular flexibility index (Phi) is 9.43. The Bertz CT molecular complexity index is 177. The molecule has 0 saturated heterocycles. The summed E-state index contributed by atoms with van der Waals surface area (Å²) in [4.78, 5) is 2.01. The van der Waals surface area contributed by atoms with E-state index in [1.807, 2.05) is 19.0 Å². The summed E-state index contributed by atoms with van der Waals surface area (Å²) in [6, 6.07) is 0. The molecule has 0 heterocycles. The van der Waals surface area contributed by atoms with Crippen molar-refractivity contribution >= 4 is 0 Å². The molecule has 0 rings (SSSR count). The second-order valence-electron chi connectivity index (χ2n) is 3.83. The van der Waals surface area contributed by atoms with Gasteiger partial charge in [0.1, 0.15) is 6.61 Å². The first kappa shape index (κ1) is 16.6. The number of hydrogen-bond acceptors (Lipinski definition) is 4. The summed E-state index contributed by atoms with van der Waals surface area (Å²) >= 11 is 0. The van der Waals surface area contributed by atoms with Crippen molar-refractivity contribution < 1.29 is 22.6 Å². The molecule has 0 saturated carbocycles. The zero-order chi connectivity index (χ0) is 13.1. The summed E-state index contributed by atoms with van der Waals surface area (Å²) in [6.45, 7) is 1.93. The molecule has 4 nitrogen and oxygen atoms in total. The third-order valence-electron chi connectivity index (χ3n) is 1.79. The average molecular weight is 258 g/mol. The van der Waals surface area contributed by atoms with Gasteiger partial charge in [0.05, 0.1) is 19.8 Å². The fourth-order valence-electron chi connectivity index (χ4n) is 0.951. The molecule has 104 valence electrons. The third-order valence-corrected chi connectivity index (χ3v) is 1.79. The van der Waals surface area contributed by atoms with Gasteiger partial charge >= 0.3 is 6.18 Å². The van der Waals surface area contributed by atoms with Crippen LogP contribution in [-0.4, -0.2) is 71.2 Å². The maximum atomic E-state index is 11.7. The molecular formula is C10H21F3N2O2. The third kappa shape index (κ3) is 15.6. The smallest absolute Gasteiger partial charge is 0.379 e. The minimum absolute atomic E-state index is 0.0528. The van der Waals surface area contributed by atoms with Crippen LogP contribution in [0, 0.1) is 0 Å². The summed E-state index contributed by atoms with van der Waals surface area (Å²) in [5.74, 6) is 0. The first-order valence-electron chi connectivity index (χ1n) is 5.49. The van der Waals surface area contributed by atoms with E-state index in [1.165, 1.54) is 0 Å². The number of nitrogens with one attached hydrogen (secondary N) is 1. The first-order chi connectivity index (χ1) is 7.92. The molecule has 7 heteroatoms. The lowest BCUT2D eigenvalue weighted by molar-refractivity contribution is -0.173. The number of likely N-dealkylation sites (N-methyl/N-ethyl adjacent to an activating group) is 1. The standard InChI is InChI=1S/C10H21F3N2O2/c1-15(2)5-8-16-6-3-14-4-7-17-9-10(11,12)13/h14H,3-9H2,1-2H3. The van der Waals surface area contributed by atoms with Crippen LogP contribution in [0.1, 0.15) is 0 Å². The predicted molar refractivity (Wildman–Crippen MR) is 59.1 cm³/mol. The molecule has 0 aliphatic rings. The van der Waals surface area contributed by atoms with Gasteiger partial charge in [-0.15, -0.1) is 0 Å². The zero-order valence-electron chi connectivity index (χ0n) is 10.3. The fraction of sp³-hybridized carbons (Fsp3) is 1.00. The van der Waals surface area contributed by atoms with Crippen molar-refractivity contribution in [2.24, 2.45) is 0 Å². The molecule has 0 spiro atoms. The van der Waals surface area contributed by atoms with E-state index in [4.69, 9.17) is 4.74 Å². The summed E-state index contributed by atoms with van der Waals surface area (Å²) in [5.41, 5.74) is 0. The molecule has 0 aromatic heterocycles. The Hall–Kier alpha value is -0.370. The molecule has 0 fully saturated rings. The Labute approximate surface area is 100 Å². The average Bonchev–Trinajstić information content (AvgIpc) is 2.18. The highest BCUT2D eigenvalue weighted by Crippen LogP contribution is 2.13. The van der Waals surface area contributed by atoms with Crippen LogP contribution in [0.5, 0.6) is 0 Å². The minimum atomic E-state index is -4.24. The van der Waals surface area contributed by atoms with Crippen molar-refractivity contribution in [2.75, 3.05) is 60.2 Å². The Morgan fingerprint density at radius 2 is 1.59 bits per heavy atom. The number of nitrogens with zero attached hydrogens (tertiary/aromatic N) is 1. The van der Waals surface area contributed by atoms with E-state index >= 15 is 0 Å². The molecule has 0 atom stereocenters. The van der Waals surface area contributed by atoms with Gasteiger partial charge in [-0.25, -0.2) is 0 Å². The molecule has 0 aromatic rings. The fourth-order valence-corrected chi connectivity index (χ4v) is 0.951. The van der Waals surface area contributed by atoms with Crippen molar-refractivity contribution in [3.8, 4) is 0 Å². The maximum Gasteiger partial charge on any atom is 0.411 e. The van der Waals surface area contributed by atoms with E-state index < -0.39 is 12.8 Å². The lowest BCUT2D eigenvalue weighted by Crippen LogP contribution is -2.27. The SMILES string of the molecule is CN(C)CCOCCNCCOCC(F)(F)F. The number of alkyl halides is 3. The molecular weight excluding hydrogens is 237 g/mol. The number of rotatable bonds is 10. The van der Waals surface area contributed by atoms with Gasteiger partial charge in [0.25, 0.3) is 0 Å². The number of hydrogen-bond donors (Lipinski definition) is 1. The summed E-state index contributed by atoms with van der Waals surface area (Å²) in [7, 11) is 3.92. The van der Waals surface area contributed by atoms with Gasteiger partial charge in [-0.1, -0.05) is 0 Å². The van der Waals surface area contributed by atoms with E-state index in [0.29, 0.717) is 26.3 Å². The van der Waals surface area contributed by atoms with Crippen LogP contribution < -0.4 is 5.32 Å². The lowest BCUT2D eigenvalue weighted by Gasteiger charge is -2.10. The van der Waals surface area contributed by atoms with E-state index in [9.17, 15) is 13.2 Å². The van der Waals surface area contributed by atoms with E-state index in [-0.39, 0.29) is 6.61 Å². The Balaban J connectivity index is 3.04. The van der Waals surface area contributed by atoms with Crippen LogP contribution >= 0.6 is 0 Å². The second-order valence-corrected chi connectivity index (χ2v) is 3.83. The maximum absolute atomic E-state index is 11.7. The molecule has 0 radical (unpaired) electrons. The number of ether oxygens (including phenoxy) is 2. The Morgan fingerprint density at radius 1 is 1.00 bits per heavy atom. The van der Waals surface area contributed by atoms with Crippen molar-refractivity contribution in [3.63, 3.8) is 0 Å². The van der Waals surface area contributed by atoms with Crippen LogP contribution in [0.15, 0.2) is 0 Å². The van der Waals surface area contributed by atoms with E-state index in [2.05, 4.69) is 10.1 Å². The molecule has 0 aliphatic carbocycles. The van der Waals surface area contributed by atoms with Crippen molar-refractivity contribution in [1.82, 2.24) is 10.2 Å². The van der Waals surface area contributed by atoms with Crippen molar-refractivity contribution in [1.29, 1.82) is 0 Å². The van der Waals surface area contributed by atoms with Crippen LogP contribution in [-0.2, 0) is 9.47 Å². The quantitative estimate of drug-likeness (QED) is 0.586. The highest BCUT2D eigenvalue weighted by molar-refractivity contribution is 4.49. The Morgan fingerprint density at radius 3 is 2.12 bits per heavy atom. The second kappa shape index (κ2) is 9.64. The normalized spacial score (nSPS) is 12.4. The van der Waals surface area contributed by atoms with Gasteiger partial charge in [0.15, 0.2) is 0 Å².